The molecule has 0 amide bonds. The van der Waals surface area contributed by atoms with Gasteiger partial charge in [0.2, 0.25) is 0 Å². The van der Waals surface area contributed by atoms with Crippen molar-refractivity contribution >= 4 is 39.0 Å². The normalized spacial score (nSPS) is 11.4. The lowest BCUT2D eigenvalue weighted by Crippen LogP contribution is -2.27. The number of thiazole rings is 1. The number of carbonyl (C=O) groups excluding carboxylic acids is 1. The van der Waals surface area contributed by atoms with E-state index in [1.165, 1.54) is 11.3 Å². The highest BCUT2D eigenvalue weighted by Gasteiger charge is 2.30. The van der Waals surface area contributed by atoms with Gasteiger partial charge >= 0.3 is 5.97 Å². The minimum absolute atomic E-state index is 0.00603. The molecule has 1 aromatic heterocycles. The molecular weight excluding hydrogens is 366 g/mol. The fourth-order valence-electron chi connectivity index (χ4n) is 1.98. The number of nitrogens with zero attached hydrogens (tertiary/aromatic N) is 1. The molecule has 0 spiro atoms. The van der Waals surface area contributed by atoms with Crippen LogP contribution in [0.4, 0.5) is 0 Å². The highest BCUT2D eigenvalue weighted by molar-refractivity contribution is 9.10. The van der Waals surface area contributed by atoms with Crippen molar-refractivity contribution in [2.45, 2.75) is 26.7 Å². The lowest BCUT2D eigenvalue weighted by molar-refractivity contribution is -0.149. The zero-order valence-corrected chi connectivity index (χ0v) is 14.7. The molecule has 2 aromatic rings. The molecule has 0 fully saturated rings. The minimum Gasteiger partial charge on any atom is -0.481 e. The summed E-state index contributed by atoms with van der Waals surface area (Å²) in [5.74, 6) is -1.08. The summed E-state index contributed by atoms with van der Waals surface area (Å²) in [4.78, 5) is 27.6. The molecule has 0 atom stereocenters. The Balaban J connectivity index is 2.06. The maximum atomic E-state index is 12.0. The molecule has 22 heavy (non-hydrogen) atoms. The molecule has 1 N–H and O–H groups in total. The van der Waals surface area contributed by atoms with Crippen LogP contribution in [-0.2, 0) is 16.0 Å². The first-order valence-electron chi connectivity index (χ1n) is 6.73. The molecule has 0 unspecified atom stereocenters. The van der Waals surface area contributed by atoms with Gasteiger partial charge in [-0.2, -0.15) is 0 Å². The molecule has 0 saturated carbocycles. The van der Waals surface area contributed by atoms with Crippen molar-refractivity contribution in [2.75, 3.05) is 0 Å². The third kappa shape index (κ3) is 4.24. The fraction of sp³-hybridized carbons (Fsp3) is 0.312. The number of carboxylic acids is 1. The first kappa shape index (κ1) is 16.8. The zero-order valence-electron chi connectivity index (χ0n) is 12.3. The Labute approximate surface area is 141 Å². The number of aromatic nitrogens is 1. The Kier molecular flexibility index (Phi) is 5.13. The minimum atomic E-state index is -1.04. The number of aliphatic carboxylic acids is 1. The van der Waals surface area contributed by atoms with Crippen molar-refractivity contribution in [1.29, 1.82) is 0 Å². The van der Waals surface area contributed by atoms with Crippen molar-refractivity contribution in [2.24, 2.45) is 5.41 Å². The van der Waals surface area contributed by atoms with E-state index in [4.69, 9.17) is 5.11 Å². The van der Waals surface area contributed by atoms with Gasteiger partial charge in [-0.05, 0) is 26.0 Å². The van der Waals surface area contributed by atoms with Gasteiger partial charge < -0.3 is 5.11 Å². The smallest absolute Gasteiger partial charge is 0.309 e. The van der Waals surface area contributed by atoms with E-state index in [1.54, 1.807) is 13.8 Å². The molecule has 2 rings (SSSR count). The van der Waals surface area contributed by atoms with E-state index in [-0.39, 0.29) is 18.6 Å². The Hall–Kier alpha value is -1.53. The third-order valence-electron chi connectivity index (χ3n) is 3.22. The van der Waals surface area contributed by atoms with Gasteiger partial charge in [-0.3, -0.25) is 9.59 Å². The highest BCUT2D eigenvalue weighted by Crippen LogP contribution is 2.27. The molecule has 116 valence electrons. The average molecular weight is 382 g/mol. The van der Waals surface area contributed by atoms with Crippen LogP contribution < -0.4 is 0 Å². The average Bonchev–Trinajstić information content (AvgIpc) is 2.86. The molecule has 1 aromatic carbocycles. The van der Waals surface area contributed by atoms with Crippen molar-refractivity contribution in [3.8, 4) is 10.6 Å². The van der Waals surface area contributed by atoms with Crippen molar-refractivity contribution in [1.82, 2.24) is 4.98 Å². The number of rotatable bonds is 6. The van der Waals surface area contributed by atoms with Gasteiger partial charge in [0.25, 0.3) is 0 Å². The van der Waals surface area contributed by atoms with Crippen LogP contribution in [0.2, 0.25) is 0 Å². The van der Waals surface area contributed by atoms with E-state index in [1.807, 2.05) is 29.6 Å². The van der Waals surface area contributed by atoms with Gasteiger partial charge in [-0.1, -0.05) is 28.1 Å². The number of hydrogen-bond donors (Lipinski definition) is 1. The van der Waals surface area contributed by atoms with Gasteiger partial charge in [0, 0.05) is 28.3 Å². The predicted octanol–water partition coefficient (Wildman–Crippen LogP) is 4.19. The van der Waals surface area contributed by atoms with E-state index in [9.17, 15) is 9.59 Å². The van der Waals surface area contributed by atoms with Gasteiger partial charge in [-0.15, -0.1) is 11.3 Å². The van der Waals surface area contributed by atoms with Crippen LogP contribution in [-0.4, -0.2) is 21.8 Å². The van der Waals surface area contributed by atoms with Gasteiger partial charge in [0.15, 0.2) is 0 Å². The highest BCUT2D eigenvalue weighted by atomic mass is 79.9. The number of carboxylic acid groups (broad SMARTS) is 1. The van der Waals surface area contributed by atoms with Crippen LogP contribution in [0, 0.1) is 5.41 Å². The first-order valence-corrected chi connectivity index (χ1v) is 8.40. The van der Waals surface area contributed by atoms with E-state index in [0.717, 1.165) is 15.0 Å². The summed E-state index contributed by atoms with van der Waals surface area (Å²) in [5, 5.41) is 11.8. The first-order chi connectivity index (χ1) is 10.3. The van der Waals surface area contributed by atoms with Crippen LogP contribution in [0.15, 0.2) is 34.1 Å². The summed E-state index contributed by atoms with van der Waals surface area (Å²) in [6.45, 7) is 3.11. The fourth-order valence-corrected chi connectivity index (χ4v) is 3.19. The second-order valence-corrected chi connectivity index (χ2v) is 7.51. The number of ketones is 1. The van der Waals surface area contributed by atoms with Crippen LogP contribution >= 0.6 is 27.3 Å². The van der Waals surface area contributed by atoms with Crippen LogP contribution in [0.5, 0.6) is 0 Å². The summed E-state index contributed by atoms with van der Waals surface area (Å²) in [7, 11) is 0. The second-order valence-electron chi connectivity index (χ2n) is 5.74. The van der Waals surface area contributed by atoms with E-state index in [2.05, 4.69) is 20.9 Å². The topological polar surface area (TPSA) is 67.3 Å². The Morgan fingerprint density at radius 1 is 1.36 bits per heavy atom. The van der Waals surface area contributed by atoms with E-state index < -0.39 is 11.4 Å². The Bertz CT molecular complexity index is 709. The van der Waals surface area contributed by atoms with E-state index in [0.29, 0.717) is 5.69 Å². The van der Waals surface area contributed by atoms with Crippen LogP contribution in [0.1, 0.15) is 26.0 Å². The molecule has 0 aliphatic carbocycles. The number of Topliss-reactive ketones (excluding diaryl/α,β-unsaturated/α-hetero) is 1. The van der Waals surface area contributed by atoms with Crippen molar-refractivity contribution in [3.63, 3.8) is 0 Å². The molecule has 0 radical (unpaired) electrons. The molecule has 0 aliphatic rings. The Morgan fingerprint density at radius 3 is 2.73 bits per heavy atom. The zero-order chi connectivity index (χ0) is 16.3. The summed E-state index contributed by atoms with van der Waals surface area (Å²) < 4.78 is 0.973. The molecule has 0 bridgehead atoms. The third-order valence-corrected chi connectivity index (χ3v) is 4.65. The van der Waals surface area contributed by atoms with Crippen LogP contribution in [0.3, 0.4) is 0 Å². The molecule has 1 heterocycles. The van der Waals surface area contributed by atoms with Gasteiger partial charge in [0.05, 0.1) is 11.1 Å². The lowest BCUT2D eigenvalue weighted by atomic mass is 9.86. The van der Waals surface area contributed by atoms with Crippen molar-refractivity contribution < 1.29 is 14.7 Å². The number of hydrogen-bond acceptors (Lipinski definition) is 4. The SMILES string of the molecule is CC(C)(CC(=O)Cc1csc(-c2cccc(Br)c2)n1)C(=O)O. The van der Waals surface area contributed by atoms with Gasteiger partial charge in [0.1, 0.15) is 10.8 Å². The maximum absolute atomic E-state index is 12.0. The standard InChI is InChI=1S/C16H16BrNO3S/c1-16(2,15(20)21)8-13(19)7-12-9-22-14(18-12)10-4-3-5-11(17)6-10/h3-6,9H,7-8H2,1-2H3,(H,20,21). The number of benzene rings is 1. The number of carbonyl (C=O) groups is 2. The summed E-state index contributed by atoms with van der Waals surface area (Å²) >= 11 is 4.90. The molecule has 6 heteroatoms. The second kappa shape index (κ2) is 6.71. The summed E-state index contributed by atoms with van der Waals surface area (Å²) in [6, 6.07) is 7.80. The van der Waals surface area contributed by atoms with Gasteiger partial charge in [-0.25, -0.2) is 4.98 Å². The molecule has 0 saturated heterocycles. The van der Waals surface area contributed by atoms with Crippen LogP contribution in [0.25, 0.3) is 10.6 Å². The summed E-state index contributed by atoms with van der Waals surface area (Å²) in [5.41, 5.74) is 0.635. The summed E-state index contributed by atoms with van der Waals surface area (Å²) in [6.07, 6.45) is 0.174. The predicted molar refractivity (Wildman–Crippen MR) is 90.0 cm³/mol. The largest absolute Gasteiger partial charge is 0.481 e. The monoisotopic (exact) mass is 381 g/mol. The molecule has 0 aliphatic heterocycles. The lowest BCUT2D eigenvalue weighted by Gasteiger charge is -2.17. The van der Waals surface area contributed by atoms with E-state index >= 15 is 0 Å². The van der Waals surface area contributed by atoms with Crippen molar-refractivity contribution in [3.05, 3.63) is 39.8 Å². The Morgan fingerprint density at radius 2 is 2.09 bits per heavy atom. The quantitative estimate of drug-likeness (QED) is 0.814. The molecule has 4 nitrogen and oxygen atoms in total. The number of halogens is 1. The molecular formula is C16H16BrNO3S. The maximum Gasteiger partial charge on any atom is 0.309 e.